The number of benzene rings is 1. The minimum atomic E-state index is -4.76. The molecule has 0 radical (unpaired) electrons. The van der Waals surface area contributed by atoms with E-state index in [-0.39, 0.29) is 35.1 Å². The summed E-state index contributed by atoms with van der Waals surface area (Å²) in [4.78, 5) is 18.6. The maximum absolute atomic E-state index is 12.5. The largest absolute Gasteiger partial charge is 0.573 e. The molecule has 1 aromatic carbocycles. The monoisotopic (exact) mass is 494 g/mol. The molecule has 35 heavy (non-hydrogen) atoms. The van der Waals surface area contributed by atoms with E-state index in [9.17, 15) is 18.0 Å². The van der Waals surface area contributed by atoms with Crippen LogP contribution in [0.5, 0.6) is 5.75 Å². The van der Waals surface area contributed by atoms with Gasteiger partial charge in [-0.15, -0.1) is 13.2 Å². The molecule has 0 saturated carbocycles. The first-order chi connectivity index (χ1) is 16.7. The fraction of sp³-hybridized carbons (Fsp3) is 0.500. The third kappa shape index (κ3) is 5.03. The fourth-order valence-electron chi connectivity index (χ4n) is 4.30. The van der Waals surface area contributed by atoms with Crippen molar-refractivity contribution in [3.05, 3.63) is 30.1 Å². The fourth-order valence-corrected chi connectivity index (χ4v) is 4.30. The van der Waals surface area contributed by atoms with Gasteiger partial charge in [0.15, 0.2) is 5.82 Å². The minimum absolute atomic E-state index is 0.0922. The van der Waals surface area contributed by atoms with Gasteiger partial charge in [0.1, 0.15) is 5.75 Å². The Labute approximate surface area is 196 Å². The van der Waals surface area contributed by atoms with Crippen molar-refractivity contribution in [3.63, 3.8) is 0 Å². The summed E-state index contributed by atoms with van der Waals surface area (Å²) in [5.74, 6) is 0.514. The molecule has 1 N–H and O–H groups in total. The van der Waals surface area contributed by atoms with Crippen LogP contribution in [-0.4, -0.2) is 72.9 Å². The number of anilines is 1. The summed E-state index contributed by atoms with van der Waals surface area (Å²) in [7, 11) is 1.63. The first kappa shape index (κ1) is 23.0. The van der Waals surface area contributed by atoms with Crippen molar-refractivity contribution in [2.75, 3.05) is 25.0 Å². The van der Waals surface area contributed by atoms with E-state index in [1.165, 1.54) is 28.9 Å². The molecule has 2 fully saturated rings. The predicted molar refractivity (Wildman–Crippen MR) is 111 cm³/mol. The Bertz CT molecular complexity index is 1190. The van der Waals surface area contributed by atoms with Crippen molar-refractivity contribution in [1.82, 2.24) is 35.2 Å². The van der Waals surface area contributed by atoms with Gasteiger partial charge in [0, 0.05) is 31.6 Å². The first-order valence-corrected chi connectivity index (χ1v) is 10.8. The standard InChI is InChI=1S/C20H21F3N8O4/c1-30-17(26-28-29-30)25-18(32)31-8-6-19(7-9-31)10-13(11-33-19)15-24-16(35-27-15)12-2-4-14(5-3-12)34-20(21,22)23/h2-5,13H,6-11H2,1H3,(H,25,26,29,32). The van der Waals surface area contributed by atoms with E-state index in [1.807, 2.05) is 0 Å². The molecule has 0 aliphatic carbocycles. The van der Waals surface area contributed by atoms with Crippen LogP contribution >= 0.6 is 0 Å². The number of piperidine rings is 1. The summed E-state index contributed by atoms with van der Waals surface area (Å²) in [6.07, 6.45) is -2.78. The van der Waals surface area contributed by atoms with E-state index < -0.39 is 6.36 Å². The number of urea groups is 1. The number of hydrogen-bond donors (Lipinski definition) is 1. The van der Waals surface area contributed by atoms with Crippen LogP contribution in [0.3, 0.4) is 0 Å². The third-order valence-electron chi connectivity index (χ3n) is 6.15. The maximum Gasteiger partial charge on any atom is 0.573 e. The molecule has 12 nitrogen and oxygen atoms in total. The smallest absolute Gasteiger partial charge is 0.406 e. The zero-order valence-electron chi connectivity index (χ0n) is 18.5. The maximum atomic E-state index is 12.5. The van der Waals surface area contributed by atoms with E-state index in [4.69, 9.17) is 9.26 Å². The number of nitrogens with one attached hydrogen (secondary N) is 1. The number of carbonyl (C=O) groups excluding carboxylic acids is 1. The van der Waals surface area contributed by atoms with Crippen LogP contribution in [0.2, 0.25) is 0 Å². The third-order valence-corrected chi connectivity index (χ3v) is 6.15. The van der Waals surface area contributed by atoms with Gasteiger partial charge in [-0.1, -0.05) is 10.3 Å². The molecule has 5 rings (SSSR count). The number of halogens is 3. The number of amides is 2. The van der Waals surface area contributed by atoms with Crippen molar-refractivity contribution < 1.29 is 32.0 Å². The summed E-state index contributed by atoms with van der Waals surface area (Å²) in [5, 5.41) is 17.7. The summed E-state index contributed by atoms with van der Waals surface area (Å²) in [6, 6.07) is 4.93. The van der Waals surface area contributed by atoms with Gasteiger partial charge in [0.05, 0.1) is 12.2 Å². The van der Waals surface area contributed by atoms with Gasteiger partial charge in [-0.05, 0) is 54.0 Å². The average Bonchev–Trinajstić information content (AvgIpc) is 3.55. The number of tetrazole rings is 1. The lowest BCUT2D eigenvalue weighted by Crippen LogP contribution is -2.48. The van der Waals surface area contributed by atoms with E-state index >= 15 is 0 Å². The molecule has 2 aromatic heterocycles. The van der Waals surface area contributed by atoms with Crippen LogP contribution in [0.25, 0.3) is 11.5 Å². The van der Waals surface area contributed by atoms with Crippen LogP contribution in [0, 0.1) is 0 Å². The number of alkyl halides is 3. The number of rotatable bonds is 4. The van der Waals surface area contributed by atoms with Crippen molar-refractivity contribution in [2.24, 2.45) is 7.05 Å². The zero-order chi connectivity index (χ0) is 24.6. The van der Waals surface area contributed by atoms with Gasteiger partial charge < -0.3 is 18.9 Å². The predicted octanol–water partition coefficient (Wildman–Crippen LogP) is 2.73. The van der Waals surface area contributed by atoms with E-state index in [0.29, 0.717) is 50.3 Å². The average molecular weight is 494 g/mol. The lowest BCUT2D eigenvalue weighted by molar-refractivity contribution is -0.274. The van der Waals surface area contributed by atoms with Crippen LogP contribution in [-0.2, 0) is 11.8 Å². The van der Waals surface area contributed by atoms with Crippen LogP contribution in [0.4, 0.5) is 23.9 Å². The summed E-state index contributed by atoms with van der Waals surface area (Å²) < 4.78 is 53.7. The highest BCUT2D eigenvalue weighted by Gasteiger charge is 2.45. The number of likely N-dealkylation sites (tertiary alicyclic amines) is 1. The lowest BCUT2D eigenvalue weighted by atomic mass is 9.85. The summed E-state index contributed by atoms with van der Waals surface area (Å²) in [5.41, 5.74) is 0.0925. The number of nitrogens with zero attached hydrogens (tertiary/aromatic N) is 7. The Hall–Kier alpha value is -3.75. The Morgan fingerprint density at radius 1 is 1.23 bits per heavy atom. The summed E-state index contributed by atoms with van der Waals surface area (Å²) in [6.45, 7) is 1.43. The number of hydrogen-bond acceptors (Lipinski definition) is 9. The second-order valence-corrected chi connectivity index (χ2v) is 8.47. The topological polar surface area (TPSA) is 133 Å². The molecule has 186 valence electrons. The Morgan fingerprint density at radius 3 is 2.63 bits per heavy atom. The molecule has 2 aliphatic rings. The molecule has 1 unspecified atom stereocenters. The number of aromatic nitrogens is 6. The molecule has 4 heterocycles. The number of ether oxygens (including phenoxy) is 2. The molecular formula is C20H21F3N8O4. The quantitative estimate of drug-likeness (QED) is 0.581. The molecule has 2 saturated heterocycles. The van der Waals surface area contributed by atoms with E-state index in [1.54, 1.807) is 11.9 Å². The molecular weight excluding hydrogens is 473 g/mol. The SMILES string of the molecule is Cn1nnnc1NC(=O)N1CCC2(CC1)CC(c1noc(-c3ccc(OC(F)(F)F)cc3)n1)CO2. The van der Waals surface area contributed by atoms with Gasteiger partial charge >= 0.3 is 12.4 Å². The minimum Gasteiger partial charge on any atom is -0.406 e. The van der Waals surface area contributed by atoms with Crippen LogP contribution in [0.1, 0.15) is 31.0 Å². The number of aryl methyl sites for hydroxylation is 1. The van der Waals surface area contributed by atoms with Gasteiger partial charge in [0.25, 0.3) is 11.8 Å². The van der Waals surface area contributed by atoms with Gasteiger partial charge in [-0.25, -0.2) is 9.48 Å². The highest BCUT2D eigenvalue weighted by Crippen LogP contribution is 2.42. The summed E-state index contributed by atoms with van der Waals surface area (Å²) >= 11 is 0. The van der Waals surface area contributed by atoms with Crippen LogP contribution < -0.4 is 10.1 Å². The van der Waals surface area contributed by atoms with Crippen molar-refractivity contribution in [3.8, 4) is 17.2 Å². The van der Waals surface area contributed by atoms with Crippen molar-refractivity contribution in [2.45, 2.75) is 37.1 Å². The molecule has 2 amide bonds. The molecule has 1 spiro atoms. The Morgan fingerprint density at radius 2 is 1.97 bits per heavy atom. The van der Waals surface area contributed by atoms with Crippen LogP contribution in [0.15, 0.2) is 28.8 Å². The first-order valence-electron chi connectivity index (χ1n) is 10.8. The Balaban J connectivity index is 1.17. The molecule has 3 aromatic rings. The van der Waals surface area contributed by atoms with Crippen molar-refractivity contribution in [1.29, 1.82) is 0 Å². The number of carbonyl (C=O) groups is 1. The van der Waals surface area contributed by atoms with E-state index in [0.717, 1.165) is 0 Å². The van der Waals surface area contributed by atoms with Crippen molar-refractivity contribution >= 4 is 12.0 Å². The van der Waals surface area contributed by atoms with Gasteiger partial charge in [-0.3, -0.25) is 5.32 Å². The molecule has 15 heteroatoms. The Kier molecular flexibility index (Phi) is 5.78. The lowest BCUT2D eigenvalue weighted by Gasteiger charge is -2.38. The van der Waals surface area contributed by atoms with Gasteiger partial charge in [-0.2, -0.15) is 4.98 Å². The second-order valence-electron chi connectivity index (χ2n) is 8.47. The second kappa shape index (κ2) is 8.79. The zero-order valence-corrected chi connectivity index (χ0v) is 18.5. The molecule has 2 aliphatic heterocycles. The highest BCUT2D eigenvalue weighted by atomic mass is 19.4. The highest BCUT2D eigenvalue weighted by molar-refractivity contribution is 5.87. The normalized spacial score (nSPS) is 19.8. The van der Waals surface area contributed by atoms with Gasteiger partial charge in [0.2, 0.25) is 0 Å². The molecule has 0 bridgehead atoms. The van der Waals surface area contributed by atoms with E-state index in [2.05, 4.69) is 35.7 Å². The molecule has 1 atom stereocenters.